The summed E-state index contributed by atoms with van der Waals surface area (Å²) in [5.41, 5.74) is 1.06. The predicted octanol–water partition coefficient (Wildman–Crippen LogP) is 2.55. The minimum Gasteiger partial charge on any atom is -0.300 e. The van der Waals surface area contributed by atoms with Crippen LogP contribution in [0.2, 0.25) is 0 Å². The van der Waals surface area contributed by atoms with Crippen LogP contribution in [0.3, 0.4) is 0 Å². The van der Waals surface area contributed by atoms with Crippen molar-refractivity contribution in [1.29, 1.82) is 0 Å². The van der Waals surface area contributed by atoms with Crippen molar-refractivity contribution in [2.75, 3.05) is 25.1 Å². The van der Waals surface area contributed by atoms with Crippen LogP contribution in [0.1, 0.15) is 17.8 Å². The van der Waals surface area contributed by atoms with Crippen LogP contribution in [0.4, 0.5) is 0 Å². The molecule has 2 heterocycles. The molecule has 1 aromatic carbocycles. The number of aromatic nitrogens is 1. The van der Waals surface area contributed by atoms with E-state index in [0.717, 1.165) is 36.5 Å². The number of hydrogen-bond acceptors (Lipinski definition) is 5. The van der Waals surface area contributed by atoms with Crippen LogP contribution in [0, 0.1) is 5.92 Å². The Labute approximate surface area is 129 Å². The van der Waals surface area contributed by atoms with Gasteiger partial charge in [0.1, 0.15) is 5.01 Å². The van der Waals surface area contributed by atoms with Crippen molar-refractivity contribution in [3.8, 4) is 0 Å². The van der Waals surface area contributed by atoms with Crippen molar-refractivity contribution in [2.24, 2.45) is 5.92 Å². The van der Waals surface area contributed by atoms with E-state index in [1.807, 2.05) is 18.2 Å². The van der Waals surface area contributed by atoms with Crippen LogP contribution < -0.4 is 0 Å². The molecule has 0 radical (unpaired) electrons. The van der Waals surface area contributed by atoms with Crippen molar-refractivity contribution in [3.05, 3.63) is 29.3 Å². The lowest BCUT2D eigenvalue weighted by molar-refractivity contribution is 0.299. The van der Waals surface area contributed by atoms with Gasteiger partial charge in [-0.15, -0.1) is 11.3 Å². The van der Waals surface area contributed by atoms with Crippen molar-refractivity contribution < 1.29 is 8.42 Å². The second-order valence-corrected chi connectivity index (χ2v) is 9.21. The minimum atomic E-state index is -2.75. The van der Waals surface area contributed by atoms with E-state index in [1.54, 1.807) is 11.3 Å². The van der Waals surface area contributed by atoms with E-state index in [2.05, 4.69) is 23.0 Å². The normalized spacial score (nSPS) is 21.3. The molecule has 0 saturated carbocycles. The molecule has 114 valence electrons. The van der Waals surface area contributed by atoms with Crippen LogP contribution in [0.5, 0.6) is 0 Å². The maximum absolute atomic E-state index is 11.5. The summed E-state index contributed by atoms with van der Waals surface area (Å²) >= 11 is 1.73. The summed E-state index contributed by atoms with van der Waals surface area (Å²) in [4.78, 5) is 6.88. The van der Waals surface area contributed by atoms with Gasteiger partial charge < -0.3 is 0 Å². The molecule has 0 N–H and O–H groups in total. The second-order valence-electron chi connectivity index (χ2n) is 5.87. The summed E-state index contributed by atoms with van der Waals surface area (Å²) in [7, 11) is -0.669. The molecule has 6 heteroatoms. The molecule has 1 aliphatic rings. The molecule has 0 amide bonds. The third-order valence-electron chi connectivity index (χ3n) is 3.99. The van der Waals surface area contributed by atoms with E-state index in [9.17, 15) is 8.42 Å². The summed E-state index contributed by atoms with van der Waals surface area (Å²) in [5, 5.41) is 1.12. The lowest BCUT2D eigenvalue weighted by Crippen LogP contribution is -2.21. The molecule has 3 rings (SSSR count). The number of fused-ring (bicyclic) bond motifs is 1. The van der Waals surface area contributed by atoms with Crippen molar-refractivity contribution in [2.45, 2.75) is 19.4 Å². The molecule has 21 heavy (non-hydrogen) atoms. The Balaban J connectivity index is 1.53. The van der Waals surface area contributed by atoms with Gasteiger partial charge in [-0.25, -0.2) is 13.4 Å². The van der Waals surface area contributed by atoms with E-state index in [-0.39, 0.29) is 0 Å². The average Bonchev–Trinajstić information content (AvgIpc) is 2.98. The Morgan fingerprint density at radius 3 is 2.90 bits per heavy atom. The van der Waals surface area contributed by atoms with Gasteiger partial charge in [-0.05, 0) is 44.5 Å². The fourth-order valence-corrected chi connectivity index (χ4v) is 5.76. The first-order valence-electron chi connectivity index (χ1n) is 7.25. The summed E-state index contributed by atoms with van der Waals surface area (Å²) in [6, 6.07) is 8.18. The lowest BCUT2D eigenvalue weighted by Gasteiger charge is -2.17. The summed E-state index contributed by atoms with van der Waals surface area (Å²) in [5.74, 6) is 1.09. The third-order valence-corrected chi connectivity index (χ3v) is 6.85. The van der Waals surface area contributed by atoms with Crippen LogP contribution in [-0.2, 0) is 16.4 Å². The van der Waals surface area contributed by atoms with Gasteiger partial charge >= 0.3 is 0 Å². The van der Waals surface area contributed by atoms with Gasteiger partial charge in [-0.2, -0.15) is 0 Å². The van der Waals surface area contributed by atoms with Gasteiger partial charge in [0.05, 0.1) is 28.3 Å². The third kappa shape index (κ3) is 3.81. The van der Waals surface area contributed by atoms with Gasteiger partial charge in [0, 0.05) is 0 Å². The van der Waals surface area contributed by atoms with Crippen LogP contribution in [-0.4, -0.2) is 43.4 Å². The fraction of sp³-hybridized carbons (Fsp3) is 0.533. The maximum atomic E-state index is 11.5. The zero-order valence-electron chi connectivity index (χ0n) is 12.2. The molecule has 0 spiro atoms. The van der Waals surface area contributed by atoms with E-state index in [4.69, 9.17) is 0 Å². The van der Waals surface area contributed by atoms with E-state index < -0.39 is 9.84 Å². The highest BCUT2D eigenvalue weighted by Gasteiger charge is 2.27. The Morgan fingerprint density at radius 2 is 2.19 bits per heavy atom. The number of sulfone groups is 1. The first-order valence-corrected chi connectivity index (χ1v) is 9.89. The molecule has 1 atom stereocenters. The zero-order valence-corrected chi connectivity index (χ0v) is 13.8. The number of para-hydroxylation sites is 1. The van der Waals surface area contributed by atoms with Gasteiger partial charge in [-0.1, -0.05) is 12.1 Å². The fourth-order valence-electron chi connectivity index (χ4n) is 2.80. The highest BCUT2D eigenvalue weighted by molar-refractivity contribution is 7.91. The maximum Gasteiger partial charge on any atom is 0.150 e. The van der Waals surface area contributed by atoms with Crippen LogP contribution in [0.25, 0.3) is 10.2 Å². The molecule has 1 unspecified atom stereocenters. The second kappa shape index (κ2) is 6.02. The van der Waals surface area contributed by atoms with Gasteiger partial charge in [0.2, 0.25) is 0 Å². The largest absolute Gasteiger partial charge is 0.300 e. The summed E-state index contributed by atoms with van der Waals surface area (Å²) < 4.78 is 24.1. The Morgan fingerprint density at radius 1 is 1.38 bits per heavy atom. The van der Waals surface area contributed by atoms with Crippen LogP contribution >= 0.6 is 11.3 Å². The van der Waals surface area contributed by atoms with Gasteiger partial charge in [0.25, 0.3) is 0 Å². The number of hydrogen-bond donors (Lipinski definition) is 0. The number of rotatable bonds is 5. The average molecular weight is 324 g/mol. The quantitative estimate of drug-likeness (QED) is 0.848. The van der Waals surface area contributed by atoms with E-state index in [0.29, 0.717) is 17.4 Å². The molecule has 0 bridgehead atoms. The highest BCUT2D eigenvalue weighted by atomic mass is 32.2. The molecule has 1 aromatic heterocycles. The Kier molecular flexibility index (Phi) is 4.28. The smallest absolute Gasteiger partial charge is 0.150 e. The Hall–Kier alpha value is -0.980. The molecule has 0 aliphatic carbocycles. The summed E-state index contributed by atoms with van der Waals surface area (Å²) in [6.07, 6.45) is 1.79. The zero-order chi connectivity index (χ0) is 14.9. The van der Waals surface area contributed by atoms with E-state index in [1.165, 1.54) is 4.70 Å². The van der Waals surface area contributed by atoms with Crippen molar-refractivity contribution in [3.63, 3.8) is 0 Å². The number of nitrogens with zero attached hydrogens (tertiary/aromatic N) is 2. The monoisotopic (exact) mass is 324 g/mol. The molecule has 1 fully saturated rings. The standard InChI is InChI=1S/C15H20N2O2S2/c1-17(8-6-12-7-9-21(18,19)11-12)10-15-16-13-4-2-3-5-14(13)20-15/h2-5,12H,6-11H2,1H3. The lowest BCUT2D eigenvalue weighted by atomic mass is 10.1. The van der Waals surface area contributed by atoms with Crippen molar-refractivity contribution in [1.82, 2.24) is 9.88 Å². The SMILES string of the molecule is CN(CCC1CCS(=O)(=O)C1)Cc1nc2ccccc2s1. The molecule has 4 nitrogen and oxygen atoms in total. The molecule has 1 saturated heterocycles. The topological polar surface area (TPSA) is 50.3 Å². The molecule has 1 aliphatic heterocycles. The van der Waals surface area contributed by atoms with Crippen LogP contribution in [0.15, 0.2) is 24.3 Å². The predicted molar refractivity (Wildman–Crippen MR) is 87.3 cm³/mol. The first kappa shape index (κ1) is 14.9. The highest BCUT2D eigenvalue weighted by Crippen LogP contribution is 2.24. The molecular weight excluding hydrogens is 304 g/mol. The van der Waals surface area contributed by atoms with Gasteiger partial charge in [0.15, 0.2) is 9.84 Å². The van der Waals surface area contributed by atoms with E-state index >= 15 is 0 Å². The molecular formula is C15H20N2O2S2. The first-order chi connectivity index (χ1) is 10.0. The van der Waals surface area contributed by atoms with Crippen molar-refractivity contribution >= 4 is 31.4 Å². The Bertz CT molecular complexity index is 691. The number of thiazole rings is 1. The number of benzene rings is 1. The molecule has 2 aromatic rings. The van der Waals surface area contributed by atoms with Gasteiger partial charge in [-0.3, -0.25) is 4.90 Å². The summed E-state index contributed by atoms with van der Waals surface area (Å²) in [6.45, 7) is 1.76. The minimum absolute atomic E-state index is 0.341.